The zero-order valence-corrected chi connectivity index (χ0v) is 12.0. The van der Waals surface area contributed by atoms with Crippen LogP contribution in [0.3, 0.4) is 0 Å². The molecule has 1 aliphatic rings. The summed E-state index contributed by atoms with van der Waals surface area (Å²) in [5.74, 6) is 0.835. The fraction of sp³-hybridized carbons (Fsp3) is 0.467. The summed E-state index contributed by atoms with van der Waals surface area (Å²) in [6, 6.07) is 8.07. The highest BCUT2D eigenvalue weighted by Gasteiger charge is 2.21. The Balaban J connectivity index is 2.00. The summed E-state index contributed by atoms with van der Waals surface area (Å²) in [4.78, 5) is 11.5. The molecule has 0 radical (unpaired) electrons. The van der Waals surface area contributed by atoms with E-state index >= 15 is 0 Å². The van der Waals surface area contributed by atoms with E-state index in [1.807, 2.05) is 18.2 Å². The van der Waals surface area contributed by atoms with Crippen LogP contribution in [0.1, 0.15) is 18.4 Å². The smallest absolute Gasteiger partial charge is 0.258 e. The first-order chi connectivity index (χ1) is 10.2. The highest BCUT2D eigenvalue weighted by molar-refractivity contribution is 5.77. The molecule has 0 atom stereocenters. The van der Waals surface area contributed by atoms with E-state index < -0.39 is 0 Å². The van der Waals surface area contributed by atoms with Gasteiger partial charge >= 0.3 is 0 Å². The second kappa shape index (κ2) is 7.50. The quantitative estimate of drug-likeness (QED) is 0.697. The van der Waals surface area contributed by atoms with E-state index in [9.17, 15) is 4.79 Å². The third-order valence-corrected chi connectivity index (χ3v) is 3.15. The number of ether oxygens (including phenoxy) is 2. The second-order valence-corrected chi connectivity index (χ2v) is 4.83. The van der Waals surface area contributed by atoms with Gasteiger partial charge in [-0.25, -0.2) is 0 Å². The van der Waals surface area contributed by atoms with Gasteiger partial charge in [0, 0.05) is 18.2 Å². The number of hydrogen-bond acceptors (Lipinski definition) is 5. The van der Waals surface area contributed by atoms with Gasteiger partial charge in [-0.15, -0.1) is 0 Å². The molecule has 0 heterocycles. The van der Waals surface area contributed by atoms with Gasteiger partial charge in [0.2, 0.25) is 0 Å². The van der Waals surface area contributed by atoms with E-state index in [2.05, 4.69) is 10.6 Å². The van der Waals surface area contributed by atoms with Gasteiger partial charge in [-0.3, -0.25) is 4.79 Å². The maximum Gasteiger partial charge on any atom is 0.258 e. The van der Waals surface area contributed by atoms with Gasteiger partial charge in [0.05, 0.1) is 13.2 Å². The zero-order valence-electron chi connectivity index (χ0n) is 12.0. The Hall–Kier alpha value is -2.26. The number of rotatable bonds is 8. The first-order valence-electron chi connectivity index (χ1n) is 6.90. The molecule has 0 bridgehead atoms. The number of amides is 1. The normalized spacial score (nSPS) is 13.3. The number of carbonyl (C=O) groups excluding carboxylic acids is 1. The number of hydrogen-bond donors (Lipinski definition) is 2. The van der Waals surface area contributed by atoms with Crippen molar-refractivity contribution in [3.05, 3.63) is 23.8 Å². The molecule has 0 spiro atoms. The third kappa shape index (κ3) is 4.65. The average molecular weight is 289 g/mol. The maximum atomic E-state index is 11.5. The number of benzene rings is 1. The lowest BCUT2D eigenvalue weighted by atomic mass is 10.2. The van der Waals surface area contributed by atoms with Gasteiger partial charge in [0.15, 0.2) is 18.1 Å². The molecule has 1 saturated carbocycles. The fourth-order valence-corrected chi connectivity index (χ4v) is 1.89. The Morgan fingerprint density at radius 1 is 1.48 bits per heavy atom. The number of methoxy groups -OCH3 is 1. The Morgan fingerprint density at radius 3 is 2.95 bits per heavy atom. The van der Waals surface area contributed by atoms with Crippen LogP contribution in [0.15, 0.2) is 18.2 Å². The van der Waals surface area contributed by atoms with Crippen LogP contribution in [-0.2, 0) is 11.3 Å². The lowest BCUT2D eigenvalue weighted by Gasteiger charge is -2.15. The largest absolute Gasteiger partial charge is 0.493 e. The summed E-state index contributed by atoms with van der Waals surface area (Å²) in [6.45, 7) is 0.514. The van der Waals surface area contributed by atoms with Crippen molar-refractivity contribution in [3.8, 4) is 17.6 Å². The van der Waals surface area contributed by atoms with Crippen LogP contribution in [0.2, 0.25) is 0 Å². The fourth-order valence-electron chi connectivity index (χ4n) is 1.89. The minimum atomic E-state index is -0.330. The molecule has 0 aromatic heterocycles. The highest BCUT2D eigenvalue weighted by Crippen LogP contribution is 2.31. The van der Waals surface area contributed by atoms with E-state index in [-0.39, 0.29) is 19.1 Å². The Bertz CT molecular complexity index is 535. The minimum absolute atomic E-state index is 0.0236. The summed E-state index contributed by atoms with van der Waals surface area (Å²) < 4.78 is 10.9. The average Bonchev–Trinajstić information content (AvgIpc) is 3.33. The van der Waals surface area contributed by atoms with Crippen molar-refractivity contribution in [1.82, 2.24) is 10.6 Å². The maximum absolute atomic E-state index is 11.5. The first kappa shape index (κ1) is 15.1. The molecule has 6 heteroatoms. The van der Waals surface area contributed by atoms with Gasteiger partial charge in [-0.05, 0) is 18.9 Å². The van der Waals surface area contributed by atoms with Crippen LogP contribution in [0.4, 0.5) is 0 Å². The van der Waals surface area contributed by atoms with Crippen molar-refractivity contribution >= 4 is 5.91 Å². The topological polar surface area (TPSA) is 83.4 Å². The van der Waals surface area contributed by atoms with Gasteiger partial charge in [-0.1, -0.05) is 12.1 Å². The Kier molecular flexibility index (Phi) is 5.41. The summed E-state index contributed by atoms with van der Waals surface area (Å²) in [7, 11) is 1.57. The summed E-state index contributed by atoms with van der Waals surface area (Å²) in [5, 5.41) is 14.3. The molecule has 1 aromatic rings. The number of nitrogens with zero attached hydrogens (tertiary/aromatic N) is 1. The molecule has 2 rings (SSSR count). The van der Waals surface area contributed by atoms with Crippen molar-refractivity contribution in [2.24, 2.45) is 0 Å². The molecule has 112 valence electrons. The molecule has 0 aliphatic heterocycles. The lowest BCUT2D eigenvalue weighted by Crippen LogP contribution is -2.29. The minimum Gasteiger partial charge on any atom is -0.493 e. The van der Waals surface area contributed by atoms with E-state index in [4.69, 9.17) is 14.7 Å². The molecule has 0 unspecified atom stereocenters. The highest BCUT2D eigenvalue weighted by atomic mass is 16.5. The summed E-state index contributed by atoms with van der Waals surface area (Å²) in [6.07, 6.45) is 2.41. The Morgan fingerprint density at radius 2 is 2.29 bits per heavy atom. The SMILES string of the molecule is COc1cccc(CNC2CC2)c1OCC(=O)NCC#N. The van der Waals surface area contributed by atoms with Crippen LogP contribution >= 0.6 is 0 Å². The van der Waals surface area contributed by atoms with Crippen molar-refractivity contribution < 1.29 is 14.3 Å². The molecule has 0 saturated heterocycles. The van der Waals surface area contributed by atoms with Crippen LogP contribution in [-0.4, -0.2) is 32.2 Å². The first-order valence-corrected chi connectivity index (χ1v) is 6.90. The molecular formula is C15H19N3O3. The van der Waals surface area contributed by atoms with E-state index in [0.29, 0.717) is 24.1 Å². The van der Waals surface area contributed by atoms with Crippen molar-refractivity contribution in [1.29, 1.82) is 5.26 Å². The van der Waals surface area contributed by atoms with E-state index in [0.717, 1.165) is 5.56 Å². The second-order valence-electron chi connectivity index (χ2n) is 4.83. The predicted octanol–water partition coefficient (Wildman–Crippen LogP) is 0.966. The molecule has 2 N–H and O–H groups in total. The predicted molar refractivity (Wildman–Crippen MR) is 77.0 cm³/mol. The molecule has 1 amide bonds. The zero-order chi connectivity index (χ0) is 15.1. The molecule has 1 aromatic carbocycles. The number of nitriles is 1. The third-order valence-electron chi connectivity index (χ3n) is 3.15. The van der Waals surface area contributed by atoms with Crippen LogP contribution in [0, 0.1) is 11.3 Å². The molecule has 1 fully saturated rings. The lowest BCUT2D eigenvalue weighted by molar-refractivity contribution is -0.122. The molecule has 6 nitrogen and oxygen atoms in total. The van der Waals surface area contributed by atoms with Crippen LogP contribution in [0.25, 0.3) is 0 Å². The standard InChI is InChI=1S/C15H19N3O3/c1-20-13-4-2-3-11(9-18-12-5-6-12)15(13)21-10-14(19)17-8-7-16/h2-4,12,18H,5-6,8-10H2,1H3,(H,17,19). The number of carbonyl (C=O) groups is 1. The van der Waals surface area contributed by atoms with Crippen LogP contribution < -0.4 is 20.1 Å². The summed E-state index contributed by atoms with van der Waals surface area (Å²) in [5.41, 5.74) is 0.953. The molecule has 21 heavy (non-hydrogen) atoms. The van der Waals surface area contributed by atoms with Gasteiger partial charge < -0.3 is 20.1 Å². The van der Waals surface area contributed by atoms with Crippen molar-refractivity contribution in [2.75, 3.05) is 20.3 Å². The molecule has 1 aliphatic carbocycles. The van der Waals surface area contributed by atoms with E-state index in [1.54, 1.807) is 13.2 Å². The summed E-state index contributed by atoms with van der Waals surface area (Å²) >= 11 is 0. The monoisotopic (exact) mass is 289 g/mol. The number of para-hydroxylation sites is 1. The molecular weight excluding hydrogens is 270 g/mol. The van der Waals surface area contributed by atoms with Gasteiger partial charge in [0.1, 0.15) is 6.54 Å². The van der Waals surface area contributed by atoms with Crippen molar-refractivity contribution in [2.45, 2.75) is 25.4 Å². The van der Waals surface area contributed by atoms with Crippen molar-refractivity contribution in [3.63, 3.8) is 0 Å². The van der Waals surface area contributed by atoms with E-state index in [1.165, 1.54) is 12.8 Å². The Labute approximate surface area is 124 Å². The van der Waals surface area contributed by atoms with Crippen LogP contribution in [0.5, 0.6) is 11.5 Å². The van der Waals surface area contributed by atoms with Gasteiger partial charge in [0.25, 0.3) is 5.91 Å². The van der Waals surface area contributed by atoms with Gasteiger partial charge in [-0.2, -0.15) is 5.26 Å². The number of nitrogens with one attached hydrogen (secondary N) is 2.